The molecule has 0 spiro atoms. The summed E-state index contributed by atoms with van der Waals surface area (Å²) in [5.41, 5.74) is 0. The van der Waals surface area contributed by atoms with E-state index in [9.17, 15) is 21.4 Å². The van der Waals surface area contributed by atoms with Crippen LogP contribution in [0.25, 0.3) is 0 Å². The zero-order valence-electron chi connectivity index (χ0n) is 18.1. The first-order valence-electron chi connectivity index (χ1n) is 10.5. The highest BCUT2D eigenvalue weighted by atomic mass is 32.2. The summed E-state index contributed by atoms with van der Waals surface area (Å²) in [6.45, 7) is 8.64. The fourth-order valence-corrected chi connectivity index (χ4v) is 5.42. The van der Waals surface area contributed by atoms with E-state index in [-0.39, 0.29) is 25.0 Å². The van der Waals surface area contributed by atoms with Crippen molar-refractivity contribution in [2.75, 3.05) is 84.4 Å². The number of nitrogens with one attached hydrogen (secondary N) is 1. The highest BCUT2D eigenvalue weighted by Gasteiger charge is 2.35. The van der Waals surface area contributed by atoms with Crippen molar-refractivity contribution >= 4 is 20.2 Å². The first kappa shape index (κ1) is 28.6. The molecule has 0 bridgehead atoms. The molecule has 2 heterocycles. The van der Waals surface area contributed by atoms with E-state index >= 15 is 0 Å². The maximum Gasteiger partial charge on any atom is 0.269 e. The number of hydrogen-bond acceptors (Lipinski definition) is 10. The molecule has 0 aliphatic carbocycles. The molecule has 14 heteroatoms. The Balaban J connectivity index is 0.000000311. The summed E-state index contributed by atoms with van der Waals surface area (Å²) in [5.74, 6) is -0.201. The summed E-state index contributed by atoms with van der Waals surface area (Å²) >= 11 is 0. The Kier molecular flexibility index (Phi) is 12.9. The summed E-state index contributed by atoms with van der Waals surface area (Å²) in [4.78, 5) is 6.05. The zero-order valence-corrected chi connectivity index (χ0v) is 19.8. The van der Waals surface area contributed by atoms with Gasteiger partial charge in [-0.3, -0.25) is 23.8 Å². The van der Waals surface area contributed by atoms with Crippen molar-refractivity contribution in [3.05, 3.63) is 0 Å². The molecule has 0 aromatic rings. The van der Waals surface area contributed by atoms with E-state index < -0.39 is 25.5 Å². The van der Waals surface area contributed by atoms with Gasteiger partial charge in [0.05, 0.1) is 19.0 Å². The minimum Gasteiger partial charge on any atom is -0.395 e. The summed E-state index contributed by atoms with van der Waals surface area (Å²) in [5, 5.41) is 20.0. The number of rotatable bonds is 10. The van der Waals surface area contributed by atoms with Crippen LogP contribution < -0.4 is 5.32 Å². The minimum atomic E-state index is -4.03. The van der Waals surface area contributed by atoms with E-state index in [1.165, 1.54) is 0 Å². The average Bonchev–Trinajstić information content (AvgIpc) is 2.69. The number of β-amino-alcohol motifs (C(OH)–C–C–N with tert-alkyl or cyclic N) is 2. The Morgan fingerprint density at radius 3 is 1.90 bits per heavy atom. The molecule has 2 atom stereocenters. The van der Waals surface area contributed by atoms with Crippen LogP contribution in [0.2, 0.25) is 0 Å². The van der Waals surface area contributed by atoms with Gasteiger partial charge in [-0.1, -0.05) is 6.92 Å². The van der Waals surface area contributed by atoms with Crippen LogP contribution in [0, 0.1) is 0 Å². The van der Waals surface area contributed by atoms with Crippen molar-refractivity contribution in [3.8, 4) is 0 Å². The lowest BCUT2D eigenvalue weighted by atomic mass is 10.1. The predicted octanol–water partition coefficient (Wildman–Crippen LogP) is -2.60. The maximum absolute atomic E-state index is 11.3. The molecule has 0 amide bonds. The van der Waals surface area contributed by atoms with Gasteiger partial charge in [0, 0.05) is 71.5 Å². The zero-order chi connectivity index (χ0) is 23.5. The molecular formula is C17H38N4O8S2. The SMILES string of the molecule is CCC(C1CNCCN1CCO)S(=O)(=O)O.O=S(=O)(O)CCN1CCN(CCO)CC1. The van der Waals surface area contributed by atoms with Crippen LogP contribution in [-0.2, 0) is 20.2 Å². The standard InChI is InChI=1S/C9H20N2O4S.C8H18N2O4S/c1-2-9(16(13,14)15)8-7-10-3-4-11(8)5-6-12;11-7-5-9-1-3-10(4-2-9)6-8-15(12,13)14/h8-10,12H,2-7H2,1H3,(H,13,14,15);11H,1-8H2,(H,12,13,14). The fraction of sp³-hybridized carbons (Fsp3) is 1.00. The Morgan fingerprint density at radius 1 is 0.903 bits per heavy atom. The molecule has 5 N–H and O–H groups in total. The Morgan fingerprint density at radius 2 is 1.45 bits per heavy atom. The van der Waals surface area contributed by atoms with Gasteiger partial charge in [-0.05, 0) is 6.42 Å². The van der Waals surface area contributed by atoms with Crippen LogP contribution in [0.15, 0.2) is 0 Å². The summed E-state index contributed by atoms with van der Waals surface area (Å²) in [6, 6.07) is -0.263. The van der Waals surface area contributed by atoms with Crippen molar-refractivity contribution in [1.82, 2.24) is 20.0 Å². The molecule has 2 aliphatic rings. The molecule has 2 aliphatic heterocycles. The van der Waals surface area contributed by atoms with E-state index in [1.807, 2.05) is 9.80 Å². The quantitative estimate of drug-likeness (QED) is 0.203. The first-order valence-corrected chi connectivity index (χ1v) is 13.7. The van der Waals surface area contributed by atoms with Crippen molar-refractivity contribution in [1.29, 1.82) is 0 Å². The molecule has 2 saturated heterocycles. The second-order valence-corrected chi connectivity index (χ2v) is 10.9. The van der Waals surface area contributed by atoms with Crippen molar-refractivity contribution in [3.63, 3.8) is 0 Å². The number of hydrogen-bond donors (Lipinski definition) is 5. The first-order chi connectivity index (χ1) is 14.5. The molecule has 2 unspecified atom stereocenters. The Hall–Kier alpha value is -0.420. The van der Waals surface area contributed by atoms with Gasteiger partial charge in [0.2, 0.25) is 0 Å². The third kappa shape index (κ3) is 11.3. The summed E-state index contributed by atoms with van der Waals surface area (Å²) in [6.07, 6.45) is 0.368. The second-order valence-electron chi connectivity index (χ2n) is 7.69. The monoisotopic (exact) mass is 490 g/mol. The molecule has 186 valence electrons. The van der Waals surface area contributed by atoms with Crippen LogP contribution in [0.1, 0.15) is 13.3 Å². The molecule has 2 rings (SSSR count). The minimum absolute atomic E-state index is 0.00158. The van der Waals surface area contributed by atoms with Gasteiger partial charge >= 0.3 is 0 Å². The van der Waals surface area contributed by atoms with Gasteiger partial charge < -0.3 is 15.5 Å². The third-order valence-corrected chi connectivity index (χ3v) is 7.66. The molecule has 0 aromatic carbocycles. The normalized spacial score (nSPS) is 23.2. The van der Waals surface area contributed by atoms with Crippen LogP contribution >= 0.6 is 0 Å². The lowest BCUT2D eigenvalue weighted by Gasteiger charge is -2.38. The van der Waals surface area contributed by atoms with Gasteiger partial charge in [0.15, 0.2) is 0 Å². The van der Waals surface area contributed by atoms with E-state index in [0.717, 1.165) is 32.7 Å². The van der Waals surface area contributed by atoms with E-state index in [2.05, 4.69) is 10.2 Å². The van der Waals surface area contributed by atoms with Gasteiger partial charge in [0.25, 0.3) is 20.2 Å². The van der Waals surface area contributed by atoms with Gasteiger partial charge in [-0.15, -0.1) is 0 Å². The largest absolute Gasteiger partial charge is 0.395 e. The summed E-state index contributed by atoms with van der Waals surface area (Å²) < 4.78 is 61.3. The smallest absolute Gasteiger partial charge is 0.269 e. The van der Waals surface area contributed by atoms with E-state index in [4.69, 9.17) is 14.8 Å². The third-order valence-electron chi connectivity index (χ3n) is 5.55. The van der Waals surface area contributed by atoms with Crippen molar-refractivity contribution in [2.45, 2.75) is 24.6 Å². The van der Waals surface area contributed by atoms with Crippen LogP contribution in [0.5, 0.6) is 0 Å². The lowest BCUT2D eigenvalue weighted by Crippen LogP contribution is -2.58. The molecule has 31 heavy (non-hydrogen) atoms. The molecule has 2 fully saturated rings. The Bertz CT molecular complexity index is 697. The topological polar surface area (TPSA) is 171 Å². The van der Waals surface area contributed by atoms with Crippen molar-refractivity contribution in [2.24, 2.45) is 0 Å². The molecular weight excluding hydrogens is 452 g/mol. The fourth-order valence-electron chi connectivity index (χ4n) is 3.84. The number of aliphatic hydroxyl groups is 2. The predicted molar refractivity (Wildman–Crippen MR) is 117 cm³/mol. The molecule has 0 aromatic heterocycles. The average molecular weight is 491 g/mol. The molecule has 0 saturated carbocycles. The van der Waals surface area contributed by atoms with Gasteiger partial charge in [0.1, 0.15) is 5.25 Å². The number of nitrogens with zero attached hydrogens (tertiary/aromatic N) is 3. The summed E-state index contributed by atoms with van der Waals surface area (Å²) in [7, 11) is -7.87. The van der Waals surface area contributed by atoms with Gasteiger partial charge in [-0.2, -0.15) is 16.8 Å². The second kappa shape index (κ2) is 14.0. The van der Waals surface area contributed by atoms with Crippen LogP contribution in [0.4, 0.5) is 0 Å². The number of aliphatic hydroxyl groups excluding tert-OH is 2. The highest BCUT2D eigenvalue weighted by Crippen LogP contribution is 2.16. The van der Waals surface area contributed by atoms with E-state index in [0.29, 0.717) is 39.1 Å². The van der Waals surface area contributed by atoms with Crippen LogP contribution in [-0.4, -0.2) is 147 Å². The number of piperazine rings is 2. The lowest BCUT2D eigenvalue weighted by molar-refractivity contribution is 0.116. The van der Waals surface area contributed by atoms with Gasteiger partial charge in [-0.25, -0.2) is 0 Å². The van der Waals surface area contributed by atoms with Crippen LogP contribution in [0.3, 0.4) is 0 Å². The van der Waals surface area contributed by atoms with Crippen molar-refractivity contribution < 1.29 is 36.2 Å². The highest BCUT2D eigenvalue weighted by molar-refractivity contribution is 7.86. The maximum atomic E-state index is 11.3. The molecule has 0 radical (unpaired) electrons. The van der Waals surface area contributed by atoms with E-state index in [1.54, 1.807) is 6.92 Å². The Labute approximate surface area is 185 Å². The molecule has 12 nitrogen and oxygen atoms in total.